The van der Waals surface area contributed by atoms with E-state index in [4.69, 9.17) is 15.2 Å². The molecular formula is C9H11IN2O3. The van der Waals surface area contributed by atoms with Gasteiger partial charge in [0, 0.05) is 6.20 Å². The Kier molecular flexibility index (Phi) is 4.13. The number of aromatic nitrogens is 1. The summed E-state index contributed by atoms with van der Waals surface area (Å²) in [5.41, 5.74) is 6.36. The Hall–Kier alpha value is -1.05. The lowest BCUT2D eigenvalue weighted by Gasteiger charge is -2.08. The molecule has 0 bridgehead atoms. The van der Waals surface area contributed by atoms with Gasteiger partial charge in [0.25, 0.3) is 0 Å². The minimum atomic E-state index is -0.469. The highest BCUT2D eigenvalue weighted by atomic mass is 127. The standard InChI is InChI=1S/C9H11IN2O3/c1-3-15-9(13)5-4-12-8(14-2)6(10)7(5)11/h4H,3H2,1-2H3,(H2,11,12). The van der Waals surface area contributed by atoms with Crippen molar-refractivity contribution in [3.8, 4) is 5.88 Å². The molecule has 0 aliphatic heterocycles. The van der Waals surface area contributed by atoms with Crippen molar-refractivity contribution in [2.75, 3.05) is 19.5 Å². The van der Waals surface area contributed by atoms with Gasteiger partial charge in [0.05, 0.1) is 23.0 Å². The van der Waals surface area contributed by atoms with Crippen LogP contribution in [0.5, 0.6) is 5.88 Å². The van der Waals surface area contributed by atoms with Crippen LogP contribution < -0.4 is 10.5 Å². The second-order valence-corrected chi connectivity index (χ2v) is 3.71. The number of methoxy groups -OCH3 is 1. The van der Waals surface area contributed by atoms with Gasteiger partial charge >= 0.3 is 5.97 Å². The van der Waals surface area contributed by atoms with Crippen molar-refractivity contribution >= 4 is 34.2 Å². The van der Waals surface area contributed by atoms with Crippen LogP contribution in [0.3, 0.4) is 0 Å². The van der Waals surface area contributed by atoms with Gasteiger partial charge < -0.3 is 15.2 Å². The fourth-order valence-electron chi connectivity index (χ4n) is 0.997. The summed E-state index contributed by atoms with van der Waals surface area (Å²) in [5, 5.41) is 0. The minimum absolute atomic E-state index is 0.266. The summed E-state index contributed by atoms with van der Waals surface area (Å²) in [5.74, 6) is -0.0655. The number of halogens is 1. The van der Waals surface area contributed by atoms with Crippen molar-refractivity contribution in [3.63, 3.8) is 0 Å². The Morgan fingerprint density at radius 3 is 2.87 bits per heavy atom. The van der Waals surface area contributed by atoms with E-state index in [-0.39, 0.29) is 5.56 Å². The molecule has 0 aliphatic carbocycles. The van der Waals surface area contributed by atoms with Gasteiger partial charge in [0.1, 0.15) is 5.56 Å². The second kappa shape index (κ2) is 5.15. The fraction of sp³-hybridized carbons (Fsp3) is 0.333. The summed E-state index contributed by atoms with van der Waals surface area (Å²) in [6.07, 6.45) is 1.36. The van der Waals surface area contributed by atoms with Gasteiger partial charge in [-0.25, -0.2) is 9.78 Å². The van der Waals surface area contributed by atoms with Crippen LogP contribution >= 0.6 is 22.6 Å². The van der Waals surface area contributed by atoms with E-state index in [1.807, 2.05) is 22.6 Å². The molecule has 0 fully saturated rings. The molecule has 0 aromatic carbocycles. The Labute approximate surface area is 101 Å². The van der Waals surface area contributed by atoms with E-state index < -0.39 is 5.97 Å². The lowest BCUT2D eigenvalue weighted by Crippen LogP contribution is -2.10. The molecule has 0 spiro atoms. The lowest BCUT2D eigenvalue weighted by atomic mass is 10.2. The number of esters is 1. The van der Waals surface area contributed by atoms with Gasteiger partial charge in [-0.2, -0.15) is 0 Å². The first kappa shape index (κ1) is 12.0. The molecule has 0 saturated heterocycles. The summed E-state index contributed by atoms with van der Waals surface area (Å²) in [6, 6.07) is 0. The molecule has 0 atom stereocenters. The maximum atomic E-state index is 11.4. The van der Waals surface area contributed by atoms with Crippen LogP contribution in [0.4, 0.5) is 5.69 Å². The summed E-state index contributed by atoms with van der Waals surface area (Å²) in [6.45, 7) is 2.04. The molecule has 6 heteroatoms. The van der Waals surface area contributed by atoms with E-state index in [9.17, 15) is 4.79 Å². The molecule has 0 saturated carbocycles. The van der Waals surface area contributed by atoms with Crippen LogP contribution in [-0.2, 0) is 4.74 Å². The molecular weight excluding hydrogens is 311 g/mol. The zero-order valence-electron chi connectivity index (χ0n) is 8.41. The fourth-order valence-corrected chi connectivity index (χ4v) is 1.65. The molecule has 1 aromatic rings. The lowest BCUT2D eigenvalue weighted by molar-refractivity contribution is 0.0527. The molecule has 82 valence electrons. The topological polar surface area (TPSA) is 74.4 Å². The van der Waals surface area contributed by atoms with Gasteiger partial charge in [-0.1, -0.05) is 0 Å². The number of hydrogen-bond acceptors (Lipinski definition) is 5. The van der Waals surface area contributed by atoms with Crippen LogP contribution in [0.25, 0.3) is 0 Å². The number of nitrogens with zero attached hydrogens (tertiary/aromatic N) is 1. The van der Waals surface area contributed by atoms with Crippen LogP contribution in [0.15, 0.2) is 6.20 Å². The average molecular weight is 322 g/mol. The second-order valence-electron chi connectivity index (χ2n) is 2.63. The number of carbonyl (C=O) groups is 1. The zero-order chi connectivity index (χ0) is 11.4. The van der Waals surface area contributed by atoms with E-state index in [1.54, 1.807) is 6.92 Å². The summed E-state index contributed by atoms with van der Waals surface area (Å²) in [4.78, 5) is 15.4. The Morgan fingerprint density at radius 2 is 2.33 bits per heavy atom. The molecule has 1 rings (SSSR count). The maximum Gasteiger partial charge on any atom is 0.341 e. The normalized spacial score (nSPS) is 9.80. The van der Waals surface area contributed by atoms with E-state index in [0.29, 0.717) is 21.7 Å². The predicted molar refractivity (Wildman–Crippen MR) is 63.9 cm³/mol. The van der Waals surface area contributed by atoms with Gasteiger partial charge in [0.2, 0.25) is 5.88 Å². The van der Waals surface area contributed by atoms with E-state index in [0.717, 1.165) is 0 Å². The number of pyridine rings is 1. The van der Waals surface area contributed by atoms with Gasteiger partial charge in [-0.3, -0.25) is 0 Å². The highest BCUT2D eigenvalue weighted by molar-refractivity contribution is 14.1. The van der Waals surface area contributed by atoms with Crippen molar-refractivity contribution in [3.05, 3.63) is 15.3 Å². The number of nitrogen functional groups attached to an aromatic ring is 1. The molecule has 0 aliphatic rings. The maximum absolute atomic E-state index is 11.4. The third-order valence-electron chi connectivity index (χ3n) is 1.71. The van der Waals surface area contributed by atoms with Gasteiger partial charge in [-0.15, -0.1) is 0 Å². The number of hydrogen-bond donors (Lipinski definition) is 1. The van der Waals surface area contributed by atoms with E-state index in [1.165, 1.54) is 13.3 Å². The number of anilines is 1. The number of ether oxygens (including phenoxy) is 2. The van der Waals surface area contributed by atoms with Crippen LogP contribution in [0.2, 0.25) is 0 Å². The SMILES string of the molecule is CCOC(=O)c1cnc(OC)c(I)c1N. The van der Waals surface area contributed by atoms with Crippen molar-refractivity contribution in [2.24, 2.45) is 0 Å². The first-order chi connectivity index (χ1) is 7.11. The van der Waals surface area contributed by atoms with Crippen LogP contribution in [0, 0.1) is 3.57 Å². The Morgan fingerprint density at radius 1 is 1.67 bits per heavy atom. The third-order valence-corrected chi connectivity index (χ3v) is 2.76. The molecule has 15 heavy (non-hydrogen) atoms. The first-order valence-electron chi connectivity index (χ1n) is 4.26. The Bertz CT molecular complexity index is 382. The van der Waals surface area contributed by atoms with Crippen molar-refractivity contribution in [1.29, 1.82) is 0 Å². The summed E-state index contributed by atoms with van der Waals surface area (Å²) in [7, 11) is 1.49. The predicted octanol–water partition coefficient (Wildman–Crippen LogP) is 1.45. The first-order valence-corrected chi connectivity index (χ1v) is 5.34. The number of nitrogens with two attached hydrogens (primary N) is 1. The highest BCUT2D eigenvalue weighted by Gasteiger charge is 2.16. The quantitative estimate of drug-likeness (QED) is 0.673. The third kappa shape index (κ3) is 2.49. The molecule has 0 amide bonds. The van der Waals surface area contributed by atoms with Gasteiger partial charge in [-0.05, 0) is 29.5 Å². The molecule has 1 heterocycles. The molecule has 1 aromatic heterocycles. The molecule has 0 unspecified atom stereocenters. The van der Waals surface area contributed by atoms with Crippen molar-refractivity contribution in [2.45, 2.75) is 6.92 Å². The summed E-state index contributed by atoms with van der Waals surface area (Å²) < 4.78 is 10.4. The minimum Gasteiger partial charge on any atom is -0.480 e. The highest BCUT2D eigenvalue weighted by Crippen LogP contribution is 2.27. The van der Waals surface area contributed by atoms with Gasteiger partial charge in [0.15, 0.2) is 0 Å². The number of carbonyl (C=O) groups excluding carboxylic acids is 1. The Balaban J connectivity index is 3.11. The smallest absolute Gasteiger partial charge is 0.341 e. The van der Waals surface area contributed by atoms with Crippen LogP contribution in [0.1, 0.15) is 17.3 Å². The molecule has 2 N–H and O–H groups in total. The zero-order valence-corrected chi connectivity index (χ0v) is 10.6. The van der Waals surface area contributed by atoms with E-state index in [2.05, 4.69) is 4.98 Å². The molecule has 0 radical (unpaired) electrons. The van der Waals surface area contributed by atoms with Crippen molar-refractivity contribution < 1.29 is 14.3 Å². The van der Waals surface area contributed by atoms with E-state index >= 15 is 0 Å². The monoisotopic (exact) mass is 322 g/mol. The average Bonchev–Trinajstić information content (AvgIpc) is 2.22. The number of rotatable bonds is 3. The summed E-state index contributed by atoms with van der Waals surface area (Å²) >= 11 is 1.97. The van der Waals surface area contributed by atoms with Crippen LogP contribution in [-0.4, -0.2) is 24.7 Å². The molecule has 5 nitrogen and oxygen atoms in total. The largest absolute Gasteiger partial charge is 0.480 e. The van der Waals surface area contributed by atoms with Crippen molar-refractivity contribution in [1.82, 2.24) is 4.98 Å².